The highest BCUT2D eigenvalue weighted by Crippen LogP contribution is 2.18. The van der Waals surface area contributed by atoms with E-state index in [9.17, 15) is 13.5 Å². The van der Waals surface area contributed by atoms with E-state index < -0.39 is 16.3 Å². The lowest BCUT2D eigenvalue weighted by atomic mass is 10.2. The lowest BCUT2D eigenvalue weighted by Gasteiger charge is -2.13. The molecule has 0 amide bonds. The van der Waals surface area contributed by atoms with Crippen LogP contribution in [0.1, 0.15) is 11.8 Å². The van der Waals surface area contributed by atoms with Gasteiger partial charge in [0.15, 0.2) is 0 Å². The van der Waals surface area contributed by atoms with Crippen LogP contribution in [0.15, 0.2) is 64.0 Å². The van der Waals surface area contributed by atoms with Crippen LogP contribution < -0.4 is 4.72 Å². The van der Waals surface area contributed by atoms with E-state index in [1.54, 1.807) is 42.5 Å². The number of halogens is 1. The number of aliphatic hydroxyl groups excluding tert-OH is 1. The van der Waals surface area contributed by atoms with E-state index in [0.717, 1.165) is 4.47 Å². The molecule has 0 radical (unpaired) electrons. The van der Waals surface area contributed by atoms with Gasteiger partial charge >= 0.3 is 0 Å². The summed E-state index contributed by atoms with van der Waals surface area (Å²) in [7, 11) is -3.74. The van der Waals surface area contributed by atoms with Crippen LogP contribution in [-0.4, -0.2) is 13.5 Å². The summed E-state index contributed by atoms with van der Waals surface area (Å²) in [5.41, 5.74) is 0.467. The topological polar surface area (TPSA) is 66.4 Å². The molecule has 1 atom stereocenters. The molecule has 6 heteroatoms. The summed E-state index contributed by atoms with van der Waals surface area (Å²) < 4.78 is 27.0. The lowest BCUT2D eigenvalue weighted by Crippen LogP contribution is -2.28. The predicted molar refractivity (Wildman–Crippen MR) is 75.9 cm³/mol. The van der Waals surface area contributed by atoms with Crippen LogP contribution in [0.2, 0.25) is 0 Å². The molecule has 0 aromatic heterocycles. The minimum absolute atomic E-state index is 0.115. The van der Waals surface area contributed by atoms with Crippen LogP contribution in [0.5, 0.6) is 0 Å². The summed E-state index contributed by atoms with van der Waals surface area (Å²) in [5, 5.41) is 9.93. The smallest absolute Gasteiger partial charge is 0.242 e. The SMILES string of the molecule is O=S(=O)(NC(O)c1cccc(Br)c1)c1ccccc1. The Morgan fingerprint density at radius 2 is 1.74 bits per heavy atom. The summed E-state index contributed by atoms with van der Waals surface area (Å²) in [4.78, 5) is 0.115. The number of aliphatic hydroxyl groups is 1. The van der Waals surface area contributed by atoms with Crippen LogP contribution in [-0.2, 0) is 10.0 Å². The molecule has 2 aromatic carbocycles. The minimum atomic E-state index is -3.74. The molecule has 4 nitrogen and oxygen atoms in total. The molecule has 0 saturated carbocycles. The fourth-order valence-electron chi connectivity index (χ4n) is 1.56. The fourth-order valence-corrected chi connectivity index (χ4v) is 3.06. The largest absolute Gasteiger partial charge is 0.373 e. The molecule has 0 heterocycles. The Bertz CT molecular complexity index is 659. The van der Waals surface area contributed by atoms with E-state index in [2.05, 4.69) is 20.7 Å². The van der Waals surface area contributed by atoms with Gasteiger partial charge in [-0.05, 0) is 29.8 Å². The van der Waals surface area contributed by atoms with Gasteiger partial charge in [-0.2, -0.15) is 4.72 Å². The molecule has 0 aliphatic rings. The van der Waals surface area contributed by atoms with Crippen LogP contribution in [0.25, 0.3) is 0 Å². The molecule has 1 unspecified atom stereocenters. The molecule has 2 aromatic rings. The Kier molecular flexibility index (Phi) is 4.36. The Morgan fingerprint density at radius 3 is 2.37 bits per heavy atom. The highest BCUT2D eigenvalue weighted by atomic mass is 79.9. The van der Waals surface area contributed by atoms with E-state index in [4.69, 9.17) is 0 Å². The van der Waals surface area contributed by atoms with E-state index in [0.29, 0.717) is 5.56 Å². The van der Waals surface area contributed by atoms with Gasteiger partial charge < -0.3 is 5.11 Å². The van der Waals surface area contributed by atoms with E-state index >= 15 is 0 Å². The van der Waals surface area contributed by atoms with Crippen molar-refractivity contribution in [2.45, 2.75) is 11.1 Å². The first-order valence-corrected chi connectivity index (χ1v) is 7.77. The summed E-state index contributed by atoms with van der Waals surface area (Å²) in [6.07, 6.45) is -1.29. The molecule has 0 aliphatic carbocycles. The van der Waals surface area contributed by atoms with Crippen molar-refractivity contribution in [1.29, 1.82) is 0 Å². The first-order valence-electron chi connectivity index (χ1n) is 5.50. The fraction of sp³-hybridized carbons (Fsp3) is 0.0769. The summed E-state index contributed by atoms with van der Waals surface area (Å²) >= 11 is 3.27. The second-order valence-corrected chi connectivity index (χ2v) is 6.52. The van der Waals surface area contributed by atoms with Crippen molar-refractivity contribution < 1.29 is 13.5 Å². The first-order chi connectivity index (χ1) is 8.99. The second kappa shape index (κ2) is 5.83. The highest BCUT2D eigenvalue weighted by molar-refractivity contribution is 9.10. The van der Waals surface area contributed by atoms with Gasteiger partial charge in [-0.1, -0.05) is 46.3 Å². The van der Waals surface area contributed by atoms with Crippen molar-refractivity contribution in [3.63, 3.8) is 0 Å². The van der Waals surface area contributed by atoms with Gasteiger partial charge in [0.2, 0.25) is 10.0 Å². The molecule has 0 bridgehead atoms. The molecule has 100 valence electrons. The van der Waals surface area contributed by atoms with Crippen LogP contribution in [0.4, 0.5) is 0 Å². The van der Waals surface area contributed by atoms with Crippen molar-refractivity contribution in [2.24, 2.45) is 0 Å². The van der Waals surface area contributed by atoms with Crippen molar-refractivity contribution in [1.82, 2.24) is 4.72 Å². The number of sulfonamides is 1. The van der Waals surface area contributed by atoms with Crippen molar-refractivity contribution in [2.75, 3.05) is 0 Å². The maximum Gasteiger partial charge on any atom is 0.242 e. The second-order valence-electron chi connectivity index (χ2n) is 3.89. The zero-order valence-corrected chi connectivity index (χ0v) is 12.2. The molecule has 0 spiro atoms. The van der Waals surface area contributed by atoms with E-state index in [1.165, 1.54) is 12.1 Å². The van der Waals surface area contributed by atoms with E-state index in [-0.39, 0.29) is 4.90 Å². The van der Waals surface area contributed by atoms with Crippen molar-refractivity contribution >= 4 is 26.0 Å². The standard InChI is InChI=1S/C13H12BrNO3S/c14-11-6-4-5-10(9-11)13(16)15-19(17,18)12-7-2-1-3-8-12/h1-9,13,15-16H. The zero-order valence-electron chi connectivity index (χ0n) is 9.82. The molecule has 0 saturated heterocycles. The summed E-state index contributed by atoms with van der Waals surface area (Å²) in [5.74, 6) is 0. The quantitative estimate of drug-likeness (QED) is 0.839. The van der Waals surface area contributed by atoms with E-state index in [1.807, 2.05) is 0 Å². The number of hydrogen-bond donors (Lipinski definition) is 2. The van der Waals surface area contributed by atoms with Crippen LogP contribution >= 0.6 is 15.9 Å². The molecule has 2 rings (SSSR count). The molecule has 2 N–H and O–H groups in total. The Hall–Kier alpha value is -1.21. The molecule has 19 heavy (non-hydrogen) atoms. The van der Waals surface area contributed by atoms with Gasteiger partial charge in [0.05, 0.1) is 4.90 Å². The molecule has 0 aliphatic heterocycles. The average Bonchev–Trinajstić information content (AvgIpc) is 2.39. The summed E-state index contributed by atoms with van der Waals surface area (Å²) in [6, 6.07) is 14.7. The summed E-state index contributed by atoms with van der Waals surface area (Å²) in [6.45, 7) is 0. The lowest BCUT2D eigenvalue weighted by molar-refractivity contribution is 0.166. The number of nitrogens with one attached hydrogen (secondary N) is 1. The monoisotopic (exact) mass is 341 g/mol. The Morgan fingerprint density at radius 1 is 1.05 bits per heavy atom. The third-order valence-corrected chi connectivity index (χ3v) is 4.40. The normalized spacial score (nSPS) is 13.2. The van der Waals surface area contributed by atoms with Gasteiger partial charge in [0.25, 0.3) is 0 Å². The van der Waals surface area contributed by atoms with Crippen LogP contribution in [0.3, 0.4) is 0 Å². The van der Waals surface area contributed by atoms with Crippen molar-refractivity contribution in [3.8, 4) is 0 Å². The highest BCUT2D eigenvalue weighted by Gasteiger charge is 2.19. The molecule has 0 fully saturated rings. The third-order valence-electron chi connectivity index (χ3n) is 2.48. The molecular formula is C13H12BrNO3S. The Balaban J connectivity index is 2.22. The average molecular weight is 342 g/mol. The maximum atomic E-state index is 12.0. The minimum Gasteiger partial charge on any atom is -0.373 e. The maximum absolute atomic E-state index is 12.0. The predicted octanol–water partition coefficient (Wildman–Crippen LogP) is 2.42. The Labute approximate surface area is 120 Å². The zero-order chi connectivity index (χ0) is 13.9. The first kappa shape index (κ1) is 14.2. The molecular weight excluding hydrogens is 330 g/mol. The number of benzene rings is 2. The third kappa shape index (κ3) is 3.63. The number of hydrogen-bond acceptors (Lipinski definition) is 3. The van der Waals surface area contributed by atoms with Crippen LogP contribution in [0, 0.1) is 0 Å². The number of rotatable bonds is 4. The van der Waals surface area contributed by atoms with Gasteiger partial charge in [-0.25, -0.2) is 8.42 Å². The van der Waals surface area contributed by atoms with Gasteiger partial charge in [-0.15, -0.1) is 0 Å². The van der Waals surface area contributed by atoms with Crippen molar-refractivity contribution in [3.05, 3.63) is 64.6 Å². The van der Waals surface area contributed by atoms with Gasteiger partial charge in [-0.3, -0.25) is 0 Å². The van der Waals surface area contributed by atoms with Gasteiger partial charge in [0, 0.05) is 4.47 Å². The van der Waals surface area contributed by atoms with Gasteiger partial charge in [0.1, 0.15) is 6.23 Å².